The number of ether oxygens (including phenoxy) is 2. The van der Waals surface area contributed by atoms with Crippen molar-refractivity contribution >= 4 is 5.91 Å². The van der Waals surface area contributed by atoms with E-state index in [1.165, 1.54) is 0 Å². The highest BCUT2D eigenvalue weighted by molar-refractivity contribution is 5.94. The number of morpholine rings is 1. The van der Waals surface area contributed by atoms with E-state index >= 15 is 0 Å². The summed E-state index contributed by atoms with van der Waals surface area (Å²) in [5.74, 6) is 0.431. The van der Waals surface area contributed by atoms with Crippen LogP contribution in [0.5, 0.6) is 0 Å². The number of hydrogen-bond donors (Lipinski definition) is 0. The van der Waals surface area contributed by atoms with Crippen LogP contribution in [0.1, 0.15) is 29.6 Å². The molecule has 1 aromatic heterocycles. The first-order chi connectivity index (χ1) is 10.2. The quantitative estimate of drug-likeness (QED) is 0.851. The zero-order valence-corrected chi connectivity index (χ0v) is 12.5. The van der Waals surface area contributed by atoms with E-state index in [4.69, 9.17) is 9.47 Å². The topological polar surface area (TPSA) is 51.7 Å². The molecule has 0 radical (unpaired) electrons. The minimum Gasteiger partial charge on any atom is -0.384 e. The van der Waals surface area contributed by atoms with Gasteiger partial charge >= 0.3 is 0 Å². The van der Waals surface area contributed by atoms with Crippen LogP contribution in [0.2, 0.25) is 0 Å². The number of pyridine rings is 1. The molecule has 1 saturated heterocycles. The highest BCUT2D eigenvalue weighted by atomic mass is 16.5. The summed E-state index contributed by atoms with van der Waals surface area (Å²) in [6, 6.07) is 3.62. The minimum absolute atomic E-state index is 0.0499. The third kappa shape index (κ3) is 2.80. The Kier molecular flexibility index (Phi) is 4.22. The summed E-state index contributed by atoms with van der Waals surface area (Å²) in [7, 11) is 1.73. The largest absolute Gasteiger partial charge is 0.384 e. The molecule has 1 spiro atoms. The molecule has 2 fully saturated rings. The first-order valence-electron chi connectivity index (χ1n) is 7.57. The predicted molar refractivity (Wildman–Crippen MR) is 78.0 cm³/mol. The molecular weight excluding hydrogens is 268 g/mol. The highest BCUT2D eigenvalue weighted by Crippen LogP contribution is 2.41. The average molecular weight is 290 g/mol. The molecule has 2 atom stereocenters. The van der Waals surface area contributed by atoms with Crippen molar-refractivity contribution in [3.8, 4) is 0 Å². The molecule has 1 aliphatic heterocycles. The Bertz CT molecular complexity index is 494. The van der Waals surface area contributed by atoms with Gasteiger partial charge in [-0.15, -0.1) is 0 Å². The molecule has 5 nitrogen and oxygen atoms in total. The maximum Gasteiger partial charge on any atom is 0.255 e. The van der Waals surface area contributed by atoms with Gasteiger partial charge in [0.15, 0.2) is 0 Å². The van der Waals surface area contributed by atoms with Gasteiger partial charge in [0.2, 0.25) is 0 Å². The Morgan fingerprint density at radius 2 is 2.52 bits per heavy atom. The van der Waals surface area contributed by atoms with E-state index in [2.05, 4.69) is 4.98 Å². The third-order valence-electron chi connectivity index (χ3n) is 4.67. The van der Waals surface area contributed by atoms with Crippen molar-refractivity contribution in [2.45, 2.75) is 24.9 Å². The van der Waals surface area contributed by atoms with Crippen LogP contribution in [0.3, 0.4) is 0 Å². The number of nitrogens with zero attached hydrogens (tertiary/aromatic N) is 2. The average Bonchev–Trinajstić information content (AvgIpc) is 2.90. The predicted octanol–water partition coefficient (Wildman–Crippen LogP) is 1.74. The molecule has 1 saturated carbocycles. The van der Waals surface area contributed by atoms with E-state index in [0.717, 1.165) is 19.3 Å². The van der Waals surface area contributed by atoms with Crippen molar-refractivity contribution in [2.75, 3.05) is 33.4 Å². The van der Waals surface area contributed by atoms with E-state index in [1.54, 1.807) is 25.6 Å². The van der Waals surface area contributed by atoms with Crippen LogP contribution in [0.4, 0.5) is 0 Å². The lowest BCUT2D eigenvalue weighted by molar-refractivity contribution is -0.130. The van der Waals surface area contributed by atoms with Crippen molar-refractivity contribution < 1.29 is 14.3 Å². The highest BCUT2D eigenvalue weighted by Gasteiger charge is 2.47. The summed E-state index contributed by atoms with van der Waals surface area (Å²) in [6.07, 6.45) is 6.58. The Balaban J connectivity index is 1.75. The van der Waals surface area contributed by atoms with Gasteiger partial charge in [-0.2, -0.15) is 0 Å². The standard InChI is InChI=1S/C16H22N2O3/c1-20-11-14-5-2-6-16(14)12-18(8-9-21-16)15(19)13-4-3-7-17-10-13/h3-4,7,10,14H,2,5-6,8-9,11-12H2,1H3/t14-,16-/m0/s1. The summed E-state index contributed by atoms with van der Waals surface area (Å²) in [5.41, 5.74) is 0.433. The number of carbonyl (C=O) groups excluding carboxylic acids is 1. The summed E-state index contributed by atoms with van der Waals surface area (Å²) in [6.45, 7) is 2.62. The maximum absolute atomic E-state index is 12.6. The van der Waals surface area contributed by atoms with E-state index in [0.29, 0.717) is 37.8 Å². The summed E-state index contributed by atoms with van der Waals surface area (Å²) in [5, 5.41) is 0. The smallest absolute Gasteiger partial charge is 0.255 e. The summed E-state index contributed by atoms with van der Waals surface area (Å²) < 4.78 is 11.5. The molecule has 2 heterocycles. The Hall–Kier alpha value is -1.46. The van der Waals surface area contributed by atoms with Crippen LogP contribution in [-0.4, -0.2) is 54.8 Å². The molecular formula is C16H22N2O3. The molecule has 1 aliphatic carbocycles. The maximum atomic E-state index is 12.6. The fourth-order valence-electron chi connectivity index (χ4n) is 3.60. The van der Waals surface area contributed by atoms with Crippen LogP contribution in [0.15, 0.2) is 24.5 Å². The monoisotopic (exact) mass is 290 g/mol. The summed E-state index contributed by atoms with van der Waals surface area (Å²) in [4.78, 5) is 18.5. The molecule has 5 heteroatoms. The Morgan fingerprint density at radius 1 is 1.62 bits per heavy atom. The van der Waals surface area contributed by atoms with Gasteiger partial charge in [-0.1, -0.05) is 6.42 Å². The molecule has 2 aliphatic rings. The number of aromatic nitrogens is 1. The molecule has 1 aromatic rings. The van der Waals surface area contributed by atoms with Crippen molar-refractivity contribution in [3.63, 3.8) is 0 Å². The minimum atomic E-state index is -0.216. The molecule has 114 valence electrons. The van der Waals surface area contributed by atoms with Gasteiger partial charge in [-0.05, 0) is 25.0 Å². The van der Waals surface area contributed by atoms with Crippen LogP contribution in [0.25, 0.3) is 0 Å². The van der Waals surface area contributed by atoms with Crippen molar-refractivity contribution in [2.24, 2.45) is 5.92 Å². The van der Waals surface area contributed by atoms with E-state index in [-0.39, 0.29) is 11.5 Å². The van der Waals surface area contributed by atoms with Crippen molar-refractivity contribution in [3.05, 3.63) is 30.1 Å². The normalized spacial score (nSPS) is 29.0. The van der Waals surface area contributed by atoms with E-state index < -0.39 is 0 Å². The van der Waals surface area contributed by atoms with Crippen LogP contribution < -0.4 is 0 Å². The first kappa shape index (κ1) is 14.5. The van der Waals surface area contributed by atoms with Crippen LogP contribution in [-0.2, 0) is 9.47 Å². The van der Waals surface area contributed by atoms with Crippen LogP contribution in [0, 0.1) is 5.92 Å². The van der Waals surface area contributed by atoms with Gasteiger partial charge < -0.3 is 14.4 Å². The second kappa shape index (κ2) is 6.12. The molecule has 0 aromatic carbocycles. The Labute approximate surface area is 125 Å². The fourth-order valence-corrected chi connectivity index (χ4v) is 3.60. The Morgan fingerprint density at radius 3 is 3.29 bits per heavy atom. The lowest BCUT2D eigenvalue weighted by Gasteiger charge is -2.44. The lowest BCUT2D eigenvalue weighted by atomic mass is 9.89. The number of hydrogen-bond acceptors (Lipinski definition) is 4. The third-order valence-corrected chi connectivity index (χ3v) is 4.67. The van der Waals surface area contributed by atoms with Gasteiger partial charge in [0, 0.05) is 32.0 Å². The lowest BCUT2D eigenvalue weighted by Crippen LogP contribution is -2.56. The molecule has 3 rings (SSSR count). The van der Waals surface area contributed by atoms with Gasteiger partial charge in [-0.3, -0.25) is 9.78 Å². The molecule has 1 amide bonds. The number of rotatable bonds is 3. The van der Waals surface area contributed by atoms with Crippen molar-refractivity contribution in [1.82, 2.24) is 9.88 Å². The number of methoxy groups -OCH3 is 1. The van der Waals surface area contributed by atoms with Gasteiger partial charge in [0.25, 0.3) is 5.91 Å². The summed E-state index contributed by atoms with van der Waals surface area (Å²) >= 11 is 0. The van der Waals surface area contributed by atoms with Gasteiger partial charge in [-0.25, -0.2) is 0 Å². The second-order valence-corrected chi connectivity index (χ2v) is 5.93. The van der Waals surface area contributed by atoms with E-state index in [1.807, 2.05) is 11.0 Å². The molecule has 0 N–H and O–H groups in total. The SMILES string of the molecule is COC[C@@H]1CCC[C@]12CN(C(=O)c1cccnc1)CCO2. The number of amides is 1. The zero-order chi connectivity index (χ0) is 14.7. The first-order valence-corrected chi connectivity index (χ1v) is 7.57. The zero-order valence-electron chi connectivity index (χ0n) is 12.5. The molecule has 0 bridgehead atoms. The van der Waals surface area contributed by atoms with Crippen molar-refractivity contribution in [1.29, 1.82) is 0 Å². The molecule has 21 heavy (non-hydrogen) atoms. The molecule has 0 unspecified atom stereocenters. The van der Waals surface area contributed by atoms with Gasteiger partial charge in [0.05, 0.1) is 30.9 Å². The van der Waals surface area contributed by atoms with E-state index in [9.17, 15) is 4.79 Å². The number of carbonyl (C=O) groups is 1. The fraction of sp³-hybridized carbons (Fsp3) is 0.625. The van der Waals surface area contributed by atoms with Crippen LogP contribution >= 0.6 is 0 Å². The van der Waals surface area contributed by atoms with Gasteiger partial charge in [0.1, 0.15) is 0 Å². The second-order valence-electron chi connectivity index (χ2n) is 5.93.